The summed E-state index contributed by atoms with van der Waals surface area (Å²) in [7, 11) is -0.0196. The minimum absolute atomic E-state index is 0.00979. The van der Waals surface area contributed by atoms with Gasteiger partial charge < -0.3 is 0 Å². The standard InChI is InChI=1S/C14H30F4Si2/c1-12(19-10-6-2-4-8-13(15)16)20-11-7-3-5-9-14(17)18/h12-14H,2-11,19-20H2,1H3. The molecule has 0 unspecified atom stereocenters. The fourth-order valence-electron chi connectivity index (χ4n) is 2.43. The van der Waals surface area contributed by atoms with Crippen molar-refractivity contribution in [3.8, 4) is 0 Å². The molecular formula is C14H30F4Si2. The predicted octanol–water partition coefficient (Wildman–Crippen LogP) is 4.58. The van der Waals surface area contributed by atoms with E-state index in [2.05, 4.69) is 6.92 Å². The van der Waals surface area contributed by atoms with E-state index < -0.39 is 12.9 Å². The molecule has 0 N–H and O–H groups in total. The van der Waals surface area contributed by atoms with Gasteiger partial charge in [-0.2, -0.15) is 0 Å². The molecule has 0 nitrogen and oxygen atoms in total. The maximum atomic E-state index is 11.9. The molecule has 0 spiro atoms. The van der Waals surface area contributed by atoms with Crippen molar-refractivity contribution in [1.29, 1.82) is 0 Å². The molecule has 0 aromatic carbocycles. The molecule has 0 bridgehead atoms. The first-order valence-electron chi connectivity index (χ1n) is 8.08. The van der Waals surface area contributed by atoms with Gasteiger partial charge in [-0.05, 0) is 12.8 Å². The second kappa shape index (κ2) is 14.1. The fourth-order valence-corrected chi connectivity index (χ4v) is 8.00. The Hall–Kier alpha value is 0.154. The number of halogens is 4. The van der Waals surface area contributed by atoms with Crippen LogP contribution in [0.5, 0.6) is 0 Å². The molecule has 0 rings (SSSR count). The van der Waals surface area contributed by atoms with E-state index in [-0.39, 0.29) is 31.9 Å². The third kappa shape index (κ3) is 16.2. The molecule has 0 aromatic rings. The Balaban J connectivity index is 3.18. The van der Waals surface area contributed by atoms with Crippen molar-refractivity contribution in [2.24, 2.45) is 0 Å². The van der Waals surface area contributed by atoms with E-state index in [4.69, 9.17) is 0 Å². The van der Waals surface area contributed by atoms with E-state index >= 15 is 0 Å². The number of unbranched alkanes of at least 4 members (excludes halogenated alkanes) is 4. The lowest BCUT2D eigenvalue weighted by atomic mass is 10.2. The number of hydrogen-bond donors (Lipinski definition) is 0. The molecule has 0 aromatic heterocycles. The Kier molecular flexibility index (Phi) is 14.2. The lowest BCUT2D eigenvalue weighted by Gasteiger charge is -2.09. The van der Waals surface area contributed by atoms with Gasteiger partial charge >= 0.3 is 0 Å². The Morgan fingerprint density at radius 3 is 1.40 bits per heavy atom. The van der Waals surface area contributed by atoms with Crippen LogP contribution >= 0.6 is 0 Å². The van der Waals surface area contributed by atoms with Gasteiger partial charge in [-0.15, -0.1) is 0 Å². The minimum Gasteiger partial charge on any atom is -0.211 e. The SMILES string of the molecule is CC([SiH2]CCCCCC(F)F)[SiH2]CCCCCC(F)F. The van der Waals surface area contributed by atoms with Gasteiger partial charge in [0, 0.05) is 31.9 Å². The van der Waals surface area contributed by atoms with Gasteiger partial charge in [0.2, 0.25) is 12.9 Å². The Morgan fingerprint density at radius 1 is 0.650 bits per heavy atom. The van der Waals surface area contributed by atoms with Crippen LogP contribution in [0.1, 0.15) is 58.3 Å². The van der Waals surface area contributed by atoms with Gasteiger partial charge in [0.05, 0.1) is 0 Å². The lowest BCUT2D eigenvalue weighted by Crippen LogP contribution is -2.07. The van der Waals surface area contributed by atoms with Crippen molar-refractivity contribution < 1.29 is 17.6 Å². The molecule has 6 heteroatoms. The maximum absolute atomic E-state index is 11.9. The summed E-state index contributed by atoms with van der Waals surface area (Å²) in [5, 5.41) is 0.945. The molecule has 0 heterocycles. The molecule has 0 fully saturated rings. The average molecular weight is 331 g/mol. The zero-order valence-corrected chi connectivity index (χ0v) is 15.6. The summed E-state index contributed by atoms with van der Waals surface area (Å²) in [5.74, 6) is 0. The fraction of sp³-hybridized carbons (Fsp3) is 1.00. The molecule has 0 aliphatic heterocycles. The van der Waals surface area contributed by atoms with E-state index in [1.54, 1.807) is 0 Å². The van der Waals surface area contributed by atoms with Crippen molar-refractivity contribution in [2.75, 3.05) is 0 Å². The van der Waals surface area contributed by atoms with Crippen LogP contribution in [0.2, 0.25) is 17.3 Å². The average Bonchev–Trinajstić information content (AvgIpc) is 2.37. The van der Waals surface area contributed by atoms with Gasteiger partial charge in [-0.3, -0.25) is 0 Å². The number of hydrogen-bond acceptors (Lipinski definition) is 0. The van der Waals surface area contributed by atoms with Crippen LogP contribution in [-0.4, -0.2) is 31.9 Å². The van der Waals surface area contributed by atoms with Crippen LogP contribution in [0.25, 0.3) is 0 Å². The first-order chi connectivity index (χ1) is 9.52. The maximum Gasteiger partial charge on any atom is 0.238 e. The molecule has 0 saturated heterocycles. The molecule has 122 valence electrons. The smallest absolute Gasteiger partial charge is 0.211 e. The predicted molar refractivity (Wildman–Crippen MR) is 85.1 cm³/mol. The second-order valence-electron chi connectivity index (χ2n) is 5.87. The number of rotatable bonds is 14. The van der Waals surface area contributed by atoms with Crippen LogP contribution in [-0.2, 0) is 0 Å². The van der Waals surface area contributed by atoms with Crippen LogP contribution in [0.15, 0.2) is 0 Å². The van der Waals surface area contributed by atoms with E-state index in [0.717, 1.165) is 30.8 Å². The molecule has 20 heavy (non-hydrogen) atoms. The Morgan fingerprint density at radius 2 is 1.05 bits per heavy atom. The summed E-state index contributed by atoms with van der Waals surface area (Å²) < 4.78 is 47.7. The van der Waals surface area contributed by atoms with Gasteiger partial charge in [-0.25, -0.2) is 17.6 Å². The first-order valence-corrected chi connectivity index (χ1v) is 11.7. The summed E-state index contributed by atoms with van der Waals surface area (Å²) in [6.07, 6.45) is 1.36. The first kappa shape index (κ1) is 20.2. The molecule has 0 amide bonds. The third-order valence-electron chi connectivity index (χ3n) is 3.74. The quantitative estimate of drug-likeness (QED) is 0.248. The van der Waals surface area contributed by atoms with E-state index in [0.29, 0.717) is 12.8 Å². The van der Waals surface area contributed by atoms with Crippen LogP contribution < -0.4 is 0 Å². The van der Waals surface area contributed by atoms with E-state index in [1.165, 1.54) is 12.1 Å². The van der Waals surface area contributed by atoms with Crippen molar-refractivity contribution >= 4 is 19.0 Å². The van der Waals surface area contributed by atoms with Crippen LogP contribution in [0.4, 0.5) is 17.6 Å². The van der Waals surface area contributed by atoms with E-state index in [9.17, 15) is 17.6 Å². The van der Waals surface area contributed by atoms with Gasteiger partial charge in [0.15, 0.2) is 0 Å². The largest absolute Gasteiger partial charge is 0.238 e. The molecule has 0 radical (unpaired) electrons. The monoisotopic (exact) mass is 330 g/mol. The second-order valence-corrected chi connectivity index (χ2v) is 12.4. The highest BCUT2D eigenvalue weighted by Crippen LogP contribution is 2.14. The van der Waals surface area contributed by atoms with Crippen LogP contribution in [0.3, 0.4) is 0 Å². The lowest BCUT2D eigenvalue weighted by molar-refractivity contribution is 0.133. The normalized spacial score (nSPS) is 14.6. The molecule has 0 atom stereocenters. The summed E-state index contributed by atoms with van der Waals surface area (Å²) in [4.78, 5) is 0. The zero-order valence-electron chi connectivity index (χ0n) is 12.7. The van der Waals surface area contributed by atoms with Gasteiger partial charge in [-0.1, -0.05) is 49.9 Å². The molecule has 0 aliphatic rings. The summed E-state index contributed by atoms with van der Waals surface area (Å²) >= 11 is 0. The van der Waals surface area contributed by atoms with Crippen LogP contribution in [0, 0.1) is 0 Å². The van der Waals surface area contributed by atoms with Crippen molar-refractivity contribution in [3.05, 3.63) is 0 Å². The number of alkyl halides is 4. The van der Waals surface area contributed by atoms with Crippen molar-refractivity contribution in [1.82, 2.24) is 0 Å². The zero-order chi connectivity index (χ0) is 15.2. The highest BCUT2D eigenvalue weighted by molar-refractivity contribution is 6.58. The van der Waals surface area contributed by atoms with E-state index in [1.807, 2.05) is 0 Å². The highest BCUT2D eigenvalue weighted by Gasteiger charge is 2.05. The third-order valence-corrected chi connectivity index (χ3v) is 9.98. The topological polar surface area (TPSA) is 0 Å². The van der Waals surface area contributed by atoms with Gasteiger partial charge in [0.25, 0.3) is 0 Å². The summed E-state index contributed by atoms with van der Waals surface area (Å²) in [6, 6.07) is 2.59. The van der Waals surface area contributed by atoms with Gasteiger partial charge in [0.1, 0.15) is 0 Å². The summed E-state index contributed by atoms with van der Waals surface area (Å²) in [5.41, 5.74) is 0. The van der Waals surface area contributed by atoms with Crippen molar-refractivity contribution in [3.63, 3.8) is 0 Å². The highest BCUT2D eigenvalue weighted by atomic mass is 28.3. The molecule has 0 aliphatic carbocycles. The Labute approximate surface area is 125 Å². The van der Waals surface area contributed by atoms with Crippen molar-refractivity contribution in [2.45, 2.75) is 88.4 Å². The summed E-state index contributed by atoms with van der Waals surface area (Å²) in [6.45, 7) is 2.34. The molecule has 0 saturated carbocycles. The molecular weight excluding hydrogens is 300 g/mol. The minimum atomic E-state index is -2.14. The Bertz CT molecular complexity index is 184.